The Morgan fingerprint density at radius 1 is 0.952 bits per heavy atom. The molecule has 0 aliphatic heterocycles. The number of halogens is 2. The summed E-state index contributed by atoms with van der Waals surface area (Å²) in [4.78, 5) is 29.1. The van der Waals surface area contributed by atoms with E-state index < -0.39 is 34.1 Å². The van der Waals surface area contributed by atoms with Crippen molar-refractivity contribution in [1.82, 2.24) is 10.2 Å². The van der Waals surface area contributed by atoms with Crippen molar-refractivity contribution in [3.8, 4) is 5.75 Å². The molecule has 1 unspecified atom stereocenters. The molecule has 1 atom stereocenters. The van der Waals surface area contributed by atoms with Gasteiger partial charge in [-0.1, -0.05) is 66.5 Å². The predicted molar refractivity (Wildman–Crippen MR) is 168 cm³/mol. The highest BCUT2D eigenvalue weighted by atomic mass is 35.5. The third-order valence-electron chi connectivity index (χ3n) is 6.28. The Balaban J connectivity index is 2.13. The van der Waals surface area contributed by atoms with Gasteiger partial charge in [-0.3, -0.25) is 13.9 Å². The van der Waals surface area contributed by atoms with E-state index in [1.54, 1.807) is 74.5 Å². The third kappa shape index (κ3) is 8.40. The van der Waals surface area contributed by atoms with Crippen LogP contribution in [-0.2, 0) is 26.2 Å². The Hall–Kier alpha value is -3.27. The maximum atomic E-state index is 14.3. The lowest BCUT2D eigenvalue weighted by molar-refractivity contribution is -0.141. The SMILES string of the molecule is CCOc1ccccc1N(CC(=O)N(Cc1ccc(Cl)cc1Cl)C(CC)C(=O)NC(C)(C)C)S(=O)(=O)c1ccccc1. The van der Waals surface area contributed by atoms with Gasteiger partial charge in [0.1, 0.15) is 18.3 Å². The molecular formula is C31H37Cl2N3O5S. The van der Waals surface area contributed by atoms with E-state index in [2.05, 4.69) is 5.32 Å². The standard InChI is InChI=1S/C31H37Cl2N3O5S/c1-6-26(30(38)34-31(3,4)5)35(20-22-17-18-23(32)19-25(22)33)29(37)21-36(27-15-11-12-16-28(27)41-7-2)42(39,40)24-13-9-8-10-14-24/h8-19,26H,6-7,20-21H2,1-5H3,(H,34,38). The van der Waals surface area contributed by atoms with E-state index in [0.717, 1.165) is 4.31 Å². The number of para-hydroxylation sites is 2. The topological polar surface area (TPSA) is 96.0 Å². The van der Waals surface area contributed by atoms with Crippen molar-refractivity contribution < 1.29 is 22.7 Å². The van der Waals surface area contributed by atoms with Crippen LogP contribution in [0.1, 0.15) is 46.6 Å². The number of hydrogen-bond donors (Lipinski definition) is 1. The molecule has 0 aliphatic rings. The number of nitrogens with zero attached hydrogens (tertiary/aromatic N) is 2. The lowest BCUT2D eigenvalue weighted by Gasteiger charge is -2.35. The summed E-state index contributed by atoms with van der Waals surface area (Å²) >= 11 is 12.6. The van der Waals surface area contributed by atoms with Gasteiger partial charge in [0.15, 0.2) is 0 Å². The molecule has 42 heavy (non-hydrogen) atoms. The Labute approximate surface area is 258 Å². The van der Waals surface area contributed by atoms with Gasteiger partial charge in [-0.25, -0.2) is 8.42 Å². The second kappa shape index (κ2) is 14.3. The number of carbonyl (C=O) groups excluding carboxylic acids is 2. The van der Waals surface area contributed by atoms with Crippen molar-refractivity contribution in [1.29, 1.82) is 0 Å². The van der Waals surface area contributed by atoms with Crippen molar-refractivity contribution in [2.24, 2.45) is 0 Å². The van der Waals surface area contributed by atoms with Crippen LogP contribution in [-0.4, -0.2) is 49.9 Å². The molecule has 0 aliphatic carbocycles. The molecule has 0 spiro atoms. The van der Waals surface area contributed by atoms with Gasteiger partial charge in [0.25, 0.3) is 10.0 Å². The Bertz CT molecular complexity index is 1490. The summed E-state index contributed by atoms with van der Waals surface area (Å²) in [5.74, 6) is -0.657. The molecule has 226 valence electrons. The molecule has 0 fully saturated rings. The van der Waals surface area contributed by atoms with Crippen molar-refractivity contribution in [2.75, 3.05) is 17.5 Å². The average molecular weight is 635 g/mol. The zero-order valence-electron chi connectivity index (χ0n) is 24.4. The number of rotatable bonds is 12. The first-order valence-electron chi connectivity index (χ1n) is 13.6. The maximum Gasteiger partial charge on any atom is 0.264 e. The van der Waals surface area contributed by atoms with Crippen LogP contribution in [0.3, 0.4) is 0 Å². The number of carbonyl (C=O) groups is 2. The van der Waals surface area contributed by atoms with Crippen LogP contribution in [0, 0.1) is 0 Å². The summed E-state index contributed by atoms with van der Waals surface area (Å²) in [7, 11) is -4.23. The first-order chi connectivity index (χ1) is 19.8. The van der Waals surface area contributed by atoms with Crippen molar-refractivity contribution in [3.63, 3.8) is 0 Å². The predicted octanol–water partition coefficient (Wildman–Crippen LogP) is 6.31. The molecule has 1 N–H and O–H groups in total. The van der Waals surface area contributed by atoms with Gasteiger partial charge in [-0.15, -0.1) is 0 Å². The molecule has 8 nitrogen and oxygen atoms in total. The largest absolute Gasteiger partial charge is 0.492 e. The van der Waals surface area contributed by atoms with Gasteiger partial charge in [-0.05, 0) is 76.1 Å². The summed E-state index contributed by atoms with van der Waals surface area (Å²) in [5.41, 5.74) is 0.202. The quantitative estimate of drug-likeness (QED) is 0.252. The normalized spacial score (nSPS) is 12.4. The molecular weight excluding hydrogens is 597 g/mol. The monoisotopic (exact) mass is 633 g/mol. The van der Waals surface area contributed by atoms with E-state index in [1.165, 1.54) is 17.0 Å². The molecule has 11 heteroatoms. The maximum absolute atomic E-state index is 14.3. The van der Waals surface area contributed by atoms with Crippen LogP contribution in [0.5, 0.6) is 5.75 Å². The van der Waals surface area contributed by atoms with Gasteiger partial charge < -0.3 is 15.0 Å². The van der Waals surface area contributed by atoms with Crippen LogP contribution < -0.4 is 14.4 Å². The van der Waals surface area contributed by atoms with Gasteiger partial charge in [-0.2, -0.15) is 0 Å². The van der Waals surface area contributed by atoms with Crippen molar-refractivity contribution in [3.05, 3.63) is 88.4 Å². The lowest BCUT2D eigenvalue weighted by atomic mass is 10.1. The summed E-state index contributed by atoms with van der Waals surface area (Å²) in [6.45, 7) is 8.77. The van der Waals surface area contributed by atoms with Crippen molar-refractivity contribution >= 4 is 50.7 Å². The number of amides is 2. The molecule has 0 heterocycles. The highest BCUT2D eigenvalue weighted by molar-refractivity contribution is 7.92. The number of sulfonamides is 1. The van der Waals surface area contributed by atoms with Gasteiger partial charge >= 0.3 is 0 Å². The minimum absolute atomic E-state index is 0.00825. The van der Waals surface area contributed by atoms with Crippen LogP contribution in [0.25, 0.3) is 0 Å². The minimum Gasteiger partial charge on any atom is -0.492 e. The number of hydrogen-bond acceptors (Lipinski definition) is 5. The Morgan fingerprint density at radius 2 is 1.60 bits per heavy atom. The molecule has 0 radical (unpaired) electrons. The smallest absolute Gasteiger partial charge is 0.264 e. The summed E-state index contributed by atoms with van der Waals surface area (Å²) < 4.78 is 34.9. The first-order valence-corrected chi connectivity index (χ1v) is 15.8. The van der Waals surface area contributed by atoms with Gasteiger partial charge in [0, 0.05) is 22.1 Å². The van der Waals surface area contributed by atoms with E-state index in [1.807, 2.05) is 20.8 Å². The molecule has 0 saturated carbocycles. The second-order valence-corrected chi connectivity index (χ2v) is 13.4. The molecule has 3 aromatic carbocycles. The molecule has 2 amide bonds. The summed E-state index contributed by atoms with van der Waals surface area (Å²) in [6.07, 6.45) is 0.278. The molecule has 0 aromatic heterocycles. The number of ether oxygens (including phenoxy) is 1. The number of anilines is 1. The summed E-state index contributed by atoms with van der Waals surface area (Å²) in [5, 5.41) is 3.69. The highest BCUT2D eigenvalue weighted by Crippen LogP contribution is 2.33. The van der Waals surface area contributed by atoms with E-state index in [-0.39, 0.29) is 36.1 Å². The van der Waals surface area contributed by atoms with E-state index in [4.69, 9.17) is 27.9 Å². The summed E-state index contributed by atoms with van der Waals surface area (Å²) in [6, 6.07) is 18.5. The van der Waals surface area contributed by atoms with Crippen LogP contribution in [0.4, 0.5) is 5.69 Å². The van der Waals surface area contributed by atoms with E-state index in [0.29, 0.717) is 21.4 Å². The van der Waals surface area contributed by atoms with E-state index >= 15 is 0 Å². The fraction of sp³-hybridized carbons (Fsp3) is 0.355. The number of nitrogens with one attached hydrogen (secondary N) is 1. The zero-order valence-corrected chi connectivity index (χ0v) is 26.8. The molecule has 3 rings (SSSR count). The van der Waals surface area contributed by atoms with Crippen LogP contribution in [0.2, 0.25) is 10.0 Å². The highest BCUT2D eigenvalue weighted by Gasteiger charge is 2.35. The second-order valence-electron chi connectivity index (χ2n) is 10.6. The van der Waals surface area contributed by atoms with Gasteiger partial charge in [0.2, 0.25) is 11.8 Å². The minimum atomic E-state index is -4.23. The first kappa shape index (κ1) is 33.2. The van der Waals surface area contributed by atoms with Gasteiger partial charge in [0.05, 0.1) is 17.2 Å². The molecule has 3 aromatic rings. The lowest BCUT2D eigenvalue weighted by Crippen LogP contribution is -2.55. The Kier molecular flexibility index (Phi) is 11.3. The van der Waals surface area contributed by atoms with Crippen LogP contribution >= 0.6 is 23.2 Å². The average Bonchev–Trinajstić information content (AvgIpc) is 2.92. The third-order valence-corrected chi connectivity index (χ3v) is 8.64. The number of benzene rings is 3. The fourth-order valence-electron chi connectivity index (χ4n) is 4.38. The molecule has 0 bridgehead atoms. The molecule has 0 saturated heterocycles. The fourth-order valence-corrected chi connectivity index (χ4v) is 6.29. The Morgan fingerprint density at radius 3 is 2.19 bits per heavy atom. The zero-order chi connectivity index (χ0) is 31.1. The van der Waals surface area contributed by atoms with E-state index in [9.17, 15) is 18.0 Å². The van der Waals surface area contributed by atoms with Crippen molar-refractivity contribution in [2.45, 2.75) is 64.1 Å². The van der Waals surface area contributed by atoms with Crippen LogP contribution in [0.15, 0.2) is 77.7 Å².